The van der Waals surface area contributed by atoms with E-state index in [1.807, 2.05) is 37.3 Å². The Morgan fingerprint density at radius 3 is 2.41 bits per heavy atom. The van der Waals surface area contributed by atoms with Crippen molar-refractivity contribution < 1.29 is 9.32 Å². The van der Waals surface area contributed by atoms with Crippen LogP contribution in [0.2, 0.25) is 0 Å². The van der Waals surface area contributed by atoms with Gasteiger partial charge in [-0.2, -0.15) is 4.98 Å². The van der Waals surface area contributed by atoms with Crippen LogP contribution in [0.3, 0.4) is 0 Å². The molecule has 4 rings (SSSR count). The number of nitrogens with zero attached hydrogens (tertiary/aromatic N) is 4. The van der Waals surface area contributed by atoms with Crippen molar-refractivity contribution >= 4 is 29.0 Å². The molecule has 3 aromatic rings. The lowest BCUT2D eigenvalue weighted by molar-refractivity contribution is 0.101. The van der Waals surface area contributed by atoms with Crippen molar-refractivity contribution in [2.45, 2.75) is 33.1 Å². The molecular formula is C21H24N6O2. The van der Waals surface area contributed by atoms with Crippen LogP contribution in [0.1, 0.15) is 41.2 Å². The summed E-state index contributed by atoms with van der Waals surface area (Å²) in [7, 11) is 0. The van der Waals surface area contributed by atoms with Gasteiger partial charge < -0.3 is 20.1 Å². The maximum absolute atomic E-state index is 12.2. The summed E-state index contributed by atoms with van der Waals surface area (Å²) in [6, 6.07) is 11.0. The van der Waals surface area contributed by atoms with Crippen LogP contribution in [0, 0.1) is 13.8 Å². The van der Waals surface area contributed by atoms with E-state index < -0.39 is 0 Å². The van der Waals surface area contributed by atoms with Crippen LogP contribution < -0.4 is 15.5 Å². The third-order valence-corrected chi connectivity index (χ3v) is 4.78. The van der Waals surface area contributed by atoms with Gasteiger partial charge in [-0.1, -0.05) is 5.16 Å². The number of carbonyl (C=O) groups is 1. The van der Waals surface area contributed by atoms with Gasteiger partial charge in [-0.05, 0) is 57.4 Å². The Balaban J connectivity index is 1.43. The molecule has 29 heavy (non-hydrogen) atoms. The van der Waals surface area contributed by atoms with Crippen LogP contribution in [0.5, 0.6) is 0 Å². The predicted octanol–water partition coefficient (Wildman–Crippen LogP) is 4.07. The number of benzene rings is 1. The van der Waals surface area contributed by atoms with E-state index in [1.165, 1.54) is 19.3 Å². The molecule has 8 nitrogen and oxygen atoms in total. The minimum atomic E-state index is -0.309. The molecule has 2 N–H and O–H groups in total. The first-order valence-electron chi connectivity index (χ1n) is 9.79. The molecule has 3 heterocycles. The van der Waals surface area contributed by atoms with E-state index in [1.54, 1.807) is 13.0 Å². The van der Waals surface area contributed by atoms with Crippen molar-refractivity contribution in [1.82, 2.24) is 15.1 Å². The molecule has 0 radical (unpaired) electrons. The summed E-state index contributed by atoms with van der Waals surface area (Å²) in [6.45, 7) is 5.80. The quantitative estimate of drug-likeness (QED) is 0.676. The maximum atomic E-state index is 12.2. The Hall–Kier alpha value is -3.42. The first kappa shape index (κ1) is 18.9. The fraction of sp³-hybridized carbons (Fsp3) is 0.333. The highest BCUT2D eigenvalue weighted by Gasteiger charge is 2.14. The van der Waals surface area contributed by atoms with Crippen LogP contribution in [0.25, 0.3) is 0 Å². The summed E-state index contributed by atoms with van der Waals surface area (Å²) in [4.78, 5) is 23.6. The van der Waals surface area contributed by atoms with Gasteiger partial charge in [0.15, 0.2) is 5.69 Å². The summed E-state index contributed by atoms with van der Waals surface area (Å²) in [6.07, 6.45) is 3.69. The zero-order chi connectivity index (χ0) is 20.2. The Labute approximate surface area is 169 Å². The second-order valence-corrected chi connectivity index (χ2v) is 7.22. The maximum Gasteiger partial charge on any atom is 0.277 e. The number of aryl methyl sites for hydroxylation is 2. The van der Waals surface area contributed by atoms with E-state index in [4.69, 9.17) is 4.52 Å². The van der Waals surface area contributed by atoms with Gasteiger partial charge in [0, 0.05) is 42.3 Å². The van der Waals surface area contributed by atoms with Gasteiger partial charge in [0.25, 0.3) is 5.91 Å². The molecule has 0 saturated carbocycles. The second kappa shape index (κ2) is 8.30. The SMILES string of the molecule is Cc1cc(N2CCCCC2)nc(Nc2ccc(NC(=O)c3cc(C)on3)cc2)n1. The normalized spacial score (nSPS) is 13.9. The third-order valence-electron chi connectivity index (χ3n) is 4.78. The second-order valence-electron chi connectivity index (χ2n) is 7.22. The molecule has 150 valence electrons. The van der Waals surface area contributed by atoms with Crippen molar-refractivity contribution in [1.29, 1.82) is 0 Å². The number of piperidine rings is 1. The van der Waals surface area contributed by atoms with Gasteiger partial charge in [0.05, 0.1) is 0 Å². The summed E-state index contributed by atoms with van der Waals surface area (Å²) in [5.74, 6) is 1.82. The van der Waals surface area contributed by atoms with Crippen molar-refractivity contribution in [3.63, 3.8) is 0 Å². The summed E-state index contributed by atoms with van der Waals surface area (Å²) >= 11 is 0. The van der Waals surface area contributed by atoms with Crippen molar-refractivity contribution in [2.24, 2.45) is 0 Å². The Morgan fingerprint density at radius 2 is 1.72 bits per heavy atom. The Morgan fingerprint density at radius 1 is 1.00 bits per heavy atom. The molecule has 0 atom stereocenters. The first-order chi connectivity index (χ1) is 14.1. The van der Waals surface area contributed by atoms with Crippen LogP contribution in [-0.4, -0.2) is 34.1 Å². The number of nitrogens with one attached hydrogen (secondary N) is 2. The lowest BCUT2D eigenvalue weighted by Gasteiger charge is -2.28. The molecule has 8 heteroatoms. The van der Waals surface area contributed by atoms with E-state index in [0.717, 1.165) is 30.3 Å². The predicted molar refractivity (Wildman–Crippen MR) is 112 cm³/mol. The largest absolute Gasteiger partial charge is 0.361 e. The first-order valence-corrected chi connectivity index (χ1v) is 9.79. The minimum absolute atomic E-state index is 0.253. The zero-order valence-corrected chi connectivity index (χ0v) is 16.6. The number of aromatic nitrogens is 3. The number of carbonyl (C=O) groups excluding carboxylic acids is 1. The lowest BCUT2D eigenvalue weighted by Crippen LogP contribution is -2.30. The Bertz CT molecular complexity index is 993. The van der Waals surface area contributed by atoms with Gasteiger partial charge in [-0.3, -0.25) is 4.79 Å². The highest BCUT2D eigenvalue weighted by molar-refractivity contribution is 6.02. The van der Waals surface area contributed by atoms with Gasteiger partial charge in [0.1, 0.15) is 11.6 Å². The van der Waals surface area contributed by atoms with Crippen molar-refractivity contribution in [2.75, 3.05) is 28.6 Å². The minimum Gasteiger partial charge on any atom is -0.361 e. The molecule has 1 aliphatic rings. The molecule has 1 aromatic carbocycles. The lowest BCUT2D eigenvalue weighted by atomic mass is 10.1. The molecule has 1 aliphatic heterocycles. The topological polar surface area (TPSA) is 96.2 Å². The molecule has 1 amide bonds. The zero-order valence-electron chi connectivity index (χ0n) is 16.6. The molecule has 1 saturated heterocycles. The number of amides is 1. The number of rotatable bonds is 5. The van der Waals surface area contributed by atoms with Crippen molar-refractivity contribution in [3.05, 3.63) is 53.5 Å². The molecule has 0 unspecified atom stereocenters. The van der Waals surface area contributed by atoms with Crippen LogP contribution in [0.15, 0.2) is 40.9 Å². The molecule has 2 aromatic heterocycles. The van der Waals surface area contributed by atoms with E-state index in [-0.39, 0.29) is 11.6 Å². The fourth-order valence-electron chi connectivity index (χ4n) is 3.33. The third kappa shape index (κ3) is 4.71. The number of hydrogen-bond acceptors (Lipinski definition) is 7. The molecular weight excluding hydrogens is 368 g/mol. The highest BCUT2D eigenvalue weighted by atomic mass is 16.5. The summed E-state index contributed by atoms with van der Waals surface area (Å²) in [5.41, 5.74) is 2.69. The van der Waals surface area contributed by atoms with Gasteiger partial charge >= 0.3 is 0 Å². The average molecular weight is 392 g/mol. The van der Waals surface area contributed by atoms with Crippen LogP contribution in [-0.2, 0) is 0 Å². The smallest absolute Gasteiger partial charge is 0.277 e. The van der Waals surface area contributed by atoms with Crippen LogP contribution >= 0.6 is 0 Å². The van der Waals surface area contributed by atoms with E-state index >= 15 is 0 Å². The standard InChI is InChI=1S/C21H24N6O2/c1-14-12-19(27-10-4-3-5-11-27)25-21(22-14)24-17-8-6-16(7-9-17)23-20(28)18-13-15(2)29-26-18/h6-9,12-13H,3-5,10-11H2,1-2H3,(H,23,28)(H,22,24,25). The van der Waals surface area contributed by atoms with Gasteiger partial charge in [-0.15, -0.1) is 0 Å². The molecule has 0 bridgehead atoms. The number of hydrogen-bond donors (Lipinski definition) is 2. The van der Waals surface area contributed by atoms with Gasteiger partial charge in [-0.25, -0.2) is 4.98 Å². The number of anilines is 4. The van der Waals surface area contributed by atoms with Crippen LogP contribution in [0.4, 0.5) is 23.1 Å². The summed E-state index contributed by atoms with van der Waals surface area (Å²) < 4.78 is 4.93. The molecule has 1 fully saturated rings. The average Bonchev–Trinajstić information content (AvgIpc) is 3.16. The van der Waals surface area contributed by atoms with E-state index in [2.05, 4.69) is 30.7 Å². The fourth-order valence-corrected chi connectivity index (χ4v) is 3.33. The summed E-state index contributed by atoms with van der Waals surface area (Å²) in [5, 5.41) is 9.77. The van der Waals surface area contributed by atoms with E-state index in [9.17, 15) is 4.79 Å². The Kier molecular flexibility index (Phi) is 5.41. The molecule has 0 spiro atoms. The highest BCUT2D eigenvalue weighted by Crippen LogP contribution is 2.22. The van der Waals surface area contributed by atoms with E-state index in [0.29, 0.717) is 17.4 Å². The molecule has 0 aliphatic carbocycles. The van der Waals surface area contributed by atoms with Crippen molar-refractivity contribution in [3.8, 4) is 0 Å². The monoisotopic (exact) mass is 392 g/mol. The van der Waals surface area contributed by atoms with Gasteiger partial charge in [0.2, 0.25) is 5.95 Å².